The molecule has 5 nitrogen and oxygen atoms in total. The van der Waals surface area contributed by atoms with Crippen LogP contribution in [-0.2, 0) is 0 Å². The predicted molar refractivity (Wildman–Crippen MR) is 116 cm³/mol. The highest BCUT2D eigenvalue weighted by Crippen LogP contribution is 2.37. The van der Waals surface area contributed by atoms with Gasteiger partial charge in [0.2, 0.25) is 0 Å². The highest BCUT2D eigenvalue weighted by atomic mass is 127. The Bertz CT molecular complexity index is 370. The molecule has 2 aliphatic rings. The molecule has 0 aromatic rings. The fourth-order valence-electron chi connectivity index (χ4n) is 3.20. The van der Waals surface area contributed by atoms with Gasteiger partial charge in [-0.15, -0.1) is 24.0 Å². The van der Waals surface area contributed by atoms with E-state index in [1.54, 1.807) is 0 Å². The minimum atomic E-state index is -0.0771. The second-order valence-corrected chi connectivity index (χ2v) is 8.63. The van der Waals surface area contributed by atoms with Crippen molar-refractivity contribution in [3.05, 3.63) is 0 Å². The van der Waals surface area contributed by atoms with Gasteiger partial charge in [0.25, 0.3) is 0 Å². The van der Waals surface area contributed by atoms with Gasteiger partial charge in [-0.25, -0.2) is 0 Å². The predicted octanol–water partition coefficient (Wildman–Crippen LogP) is 2.29. The van der Waals surface area contributed by atoms with Crippen LogP contribution >= 0.6 is 35.7 Å². The number of aliphatic hydroxyl groups is 1. The summed E-state index contributed by atoms with van der Waals surface area (Å²) in [6.45, 7) is 10.4. The smallest absolute Gasteiger partial charge is 0.191 e. The molecule has 2 rings (SSSR count). The number of nitrogens with one attached hydrogen (secondary N) is 2. The Morgan fingerprint density at radius 3 is 2.71 bits per heavy atom. The van der Waals surface area contributed by atoms with Crippen LogP contribution in [0.4, 0.5) is 0 Å². The summed E-state index contributed by atoms with van der Waals surface area (Å²) in [6.07, 6.45) is 5.49. The highest BCUT2D eigenvalue weighted by Gasteiger charge is 2.29. The first-order valence-corrected chi connectivity index (χ1v) is 10.2. The van der Waals surface area contributed by atoms with E-state index < -0.39 is 0 Å². The molecular weight excluding hydrogens is 435 g/mol. The summed E-state index contributed by atoms with van der Waals surface area (Å²) in [5.74, 6) is 2.23. The SMILES string of the molecule is CCNC(=NCC1(C)CCCS1)NCCCN1CCC(O)CC1.I. The van der Waals surface area contributed by atoms with Crippen molar-refractivity contribution in [2.24, 2.45) is 4.99 Å². The molecular formula is C17H35IN4OS. The van der Waals surface area contributed by atoms with Crippen molar-refractivity contribution >= 4 is 41.7 Å². The summed E-state index contributed by atoms with van der Waals surface area (Å²) >= 11 is 2.06. The van der Waals surface area contributed by atoms with E-state index in [1.807, 2.05) is 0 Å². The van der Waals surface area contributed by atoms with Crippen LogP contribution in [-0.4, -0.2) is 71.8 Å². The lowest BCUT2D eigenvalue weighted by atomic mass is 10.1. The Morgan fingerprint density at radius 2 is 2.08 bits per heavy atom. The molecule has 7 heteroatoms. The monoisotopic (exact) mass is 470 g/mol. The molecule has 2 fully saturated rings. The third-order valence-corrected chi connectivity index (χ3v) is 6.24. The Hall–Kier alpha value is 0.270. The molecule has 0 aromatic heterocycles. The standard InChI is InChI=1S/C17H34N4OS.HI/c1-3-18-16(20-14-17(2)8-4-13-23-17)19-9-5-10-21-11-6-15(22)7-12-21;/h15,22H,3-14H2,1-2H3,(H2,18,19,20);1H. The van der Waals surface area contributed by atoms with Gasteiger partial charge < -0.3 is 20.6 Å². The lowest BCUT2D eigenvalue weighted by molar-refractivity contribution is 0.0823. The molecule has 0 aliphatic carbocycles. The Kier molecular flexibility index (Phi) is 11.0. The second kappa shape index (κ2) is 11.8. The van der Waals surface area contributed by atoms with Crippen LogP contribution in [0.1, 0.15) is 46.0 Å². The van der Waals surface area contributed by atoms with Crippen molar-refractivity contribution in [3.8, 4) is 0 Å². The van der Waals surface area contributed by atoms with Crippen LogP contribution in [0.2, 0.25) is 0 Å². The Balaban J connectivity index is 0.00000288. The van der Waals surface area contributed by atoms with E-state index in [9.17, 15) is 5.11 Å². The van der Waals surface area contributed by atoms with Crippen LogP contribution in [0, 0.1) is 0 Å². The summed E-state index contributed by atoms with van der Waals surface area (Å²) in [5, 5.41) is 16.4. The van der Waals surface area contributed by atoms with E-state index in [2.05, 4.69) is 41.1 Å². The quantitative estimate of drug-likeness (QED) is 0.231. The minimum absolute atomic E-state index is 0. The first-order chi connectivity index (χ1) is 11.1. The van der Waals surface area contributed by atoms with E-state index in [1.165, 1.54) is 18.6 Å². The number of hydrogen-bond acceptors (Lipinski definition) is 4. The maximum absolute atomic E-state index is 9.54. The largest absolute Gasteiger partial charge is 0.393 e. The van der Waals surface area contributed by atoms with Gasteiger partial charge in [-0.05, 0) is 58.2 Å². The van der Waals surface area contributed by atoms with Crippen molar-refractivity contribution in [2.45, 2.75) is 56.8 Å². The van der Waals surface area contributed by atoms with Crippen molar-refractivity contribution < 1.29 is 5.11 Å². The van der Waals surface area contributed by atoms with Crippen LogP contribution in [0.5, 0.6) is 0 Å². The molecule has 1 atom stereocenters. The van der Waals surface area contributed by atoms with Gasteiger partial charge in [0.15, 0.2) is 5.96 Å². The topological polar surface area (TPSA) is 59.9 Å². The lowest BCUT2D eigenvalue weighted by Gasteiger charge is -2.29. The number of nitrogens with zero attached hydrogens (tertiary/aromatic N) is 2. The van der Waals surface area contributed by atoms with Gasteiger partial charge in [0, 0.05) is 30.9 Å². The number of aliphatic imine (C=N–C) groups is 1. The van der Waals surface area contributed by atoms with Crippen LogP contribution in [0.3, 0.4) is 0 Å². The third-order valence-electron chi connectivity index (χ3n) is 4.72. The van der Waals surface area contributed by atoms with Gasteiger partial charge in [-0.3, -0.25) is 4.99 Å². The van der Waals surface area contributed by atoms with E-state index in [4.69, 9.17) is 4.99 Å². The molecule has 0 bridgehead atoms. The molecule has 142 valence electrons. The van der Waals surface area contributed by atoms with E-state index in [0.717, 1.165) is 64.5 Å². The summed E-state index contributed by atoms with van der Waals surface area (Å²) in [6, 6.07) is 0. The van der Waals surface area contributed by atoms with Gasteiger partial charge in [0.1, 0.15) is 0 Å². The number of halogens is 1. The second-order valence-electron chi connectivity index (χ2n) is 6.95. The van der Waals surface area contributed by atoms with Crippen molar-refractivity contribution in [3.63, 3.8) is 0 Å². The van der Waals surface area contributed by atoms with Crippen molar-refractivity contribution in [1.82, 2.24) is 15.5 Å². The first-order valence-electron chi connectivity index (χ1n) is 9.18. The molecule has 2 heterocycles. The van der Waals surface area contributed by atoms with Crippen molar-refractivity contribution in [1.29, 1.82) is 0 Å². The van der Waals surface area contributed by atoms with Gasteiger partial charge >= 0.3 is 0 Å². The molecule has 2 aliphatic heterocycles. The molecule has 0 spiro atoms. The minimum Gasteiger partial charge on any atom is -0.393 e. The van der Waals surface area contributed by atoms with Gasteiger partial charge in [0.05, 0.1) is 12.6 Å². The fraction of sp³-hybridized carbons (Fsp3) is 0.941. The number of piperidine rings is 1. The summed E-state index contributed by atoms with van der Waals surface area (Å²) in [7, 11) is 0. The molecule has 0 saturated carbocycles. The Labute approximate surface area is 168 Å². The van der Waals surface area contributed by atoms with Crippen LogP contribution in [0.25, 0.3) is 0 Å². The maximum atomic E-state index is 9.54. The molecule has 1 unspecified atom stereocenters. The average molecular weight is 470 g/mol. The zero-order chi connectivity index (χ0) is 16.5. The number of hydrogen-bond donors (Lipinski definition) is 3. The summed E-state index contributed by atoms with van der Waals surface area (Å²) in [5.41, 5.74) is 0. The molecule has 0 radical (unpaired) electrons. The normalized spacial score (nSPS) is 26.2. The zero-order valence-corrected chi connectivity index (χ0v) is 18.4. The number of rotatable bonds is 7. The molecule has 0 aromatic carbocycles. The Morgan fingerprint density at radius 1 is 1.33 bits per heavy atom. The average Bonchev–Trinajstić information content (AvgIpc) is 2.98. The fourth-order valence-corrected chi connectivity index (χ4v) is 4.43. The van der Waals surface area contributed by atoms with E-state index >= 15 is 0 Å². The van der Waals surface area contributed by atoms with Crippen molar-refractivity contribution in [2.75, 3.05) is 45.0 Å². The molecule has 2 saturated heterocycles. The lowest BCUT2D eigenvalue weighted by Crippen LogP contribution is -2.41. The van der Waals surface area contributed by atoms with Gasteiger partial charge in [-0.1, -0.05) is 0 Å². The number of thioether (sulfide) groups is 1. The summed E-state index contributed by atoms with van der Waals surface area (Å²) in [4.78, 5) is 7.24. The van der Waals surface area contributed by atoms with E-state index in [0.29, 0.717) is 4.75 Å². The zero-order valence-electron chi connectivity index (χ0n) is 15.2. The molecule has 3 N–H and O–H groups in total. The first kappa shape index (κ1) is 22.3. The van der Waals surface area contributed by atoms with E-state index in [-0.39, 0.29) is 30.1 Å². The molecule has 24 heavy (non-hydrogen) atoms. The number of guanidine groups is 1. The van der Waals surface area contributed by atoms with Crippen LogP contribution < -0.4 is 10.6 Å². The number of aliphatic hydroxyl groups excluding tert-OH is 1. The third kappa shape index (κ3) is 8.10. The van der Waals surface area contributed by atoms with Crippen LogP contribution in [0.15, 0.2) is 4.99 Å². The van der Waals surface area contributed by atoms with Gasteiger partial charge in [-0.2, -0.15) is 11.8 Å². The molecule has 0 amide bonds. The number of likely N-dealkylation sites (tertiary alicyclic amines) is 1. The highest BCUT2D eigenvalue weighted by molar-refractivity contribution is 14.0. The maximum Gasteiger partial charge on any atom is 0.191 e. The summed E-state index contributed by atoms with van der Waals surface area (Å²) < 4.78 is 0.330.